The van der Waals surface area contributed by atoms with E-state index in [1.165, 1.54) is 19.3 Å². The van der Waals surface area contributed by atoms with Crippen molar-refractivity contribution in [2.24, 2.45) is 5.92 Å². The van der Waals surface area contributed by atoms with Gasteiger partial charge in [0.2, 0.25) is 0 Å². The molecule has 0 saturated carbocycles. The molecular weight excluding hydrogens is 442 g/mol. The van der Waals surface area contributed by atoms with Crippen LogP contribution in [0.15, 0.2) is 24.3 Å². The van der Waals surface area contributed by atoms with E-state index >= 15 is 0 Å². The Bertz CT molecular complexity index is 896. The third kappa shape index (κ3) is 7.86. The van der Waals surface area contributed by atoms with Gasteiger partial charge < -0.3 is 14.8 Å². The number of aromatic nitrogens is 2. The summed E-state index contributed by atoms with van der Waals surface area (Å²) in [5, 5.41) is 7.46. The van der Waals surface area contributed by atoms with E-state index in [1.807, 2.05) is 0 Å². The zero-order chi connectivity index (χ0) is 24.2. The first-order valence-corrected chi connectivity index (χ1v) is 12.2. The maximum Gasteiger partial charge on any atom is 0.360 e. The number of amides is 1. The molecule has 0 aliphatic carbocycles. The molecule has 0 spiro atoms. The predicted molar refractivity (Wildman–Crippen MR) is 130 cm³/mol. The molecule has 182 valence electrons. The first-order valence-electron chi connectivity index (χ1n) is 11.8. The van der Waals surface area contributed by atoms with Gasteiger partial charge in [0.15, 0.2) is 5.69 Å². The monoisotopic (exact) mass is 477 g/mol. The molecule has 1 heterocycles. The zero-order valence-corrected chi connectivity index (χ0v) is 20.9. The molecule has 0 saturated heterocycles. The van der Waals surface area contributed by atoms with Crippen molar-refractivity contribution in [3.63, 3.8) is 0 Å². The van der Waals surface area contributed by atoms with Gasteiger partial charge in [-0.1, -0.05) is 44.7 Å². The van der Waals surface area contributed by atoms with Gasteiger partial charge in [-0.05, 0) is 56.9 Å². The largest absolute Gasteiger partial charge is 0.461 e. The Hall–Kier alpha value is -2.38. The van der Waals surface area contributed by atoms with Crippen LogP contribution >= 0.6 is 11.6 Å². The maximum atomic E-state index is 12.4. The Balaban J connectivity index is 1.84. The molecule has 2 aromatic rings. The van der Waals surface area contributed by atoms with Crippen LogP contribution in [-0.4, -0.2) is 48.0 Å². The van der Waals surface area contributed by atoms with Crippen molar-refractivity contribution < 1.29 is 19.1 Å². The van der Waals surface area contributed by atoms with Gasteiger partial charge in [-0.25, -0.2) is 9.48 Å². The third-order valence-corrected chi connectivity index (χ3v) is 5.99. The summed E-state index contributed by atoms with van der Waals surface area (Å²) in [7, 11) is 0. The van der Waals surface area contributed by atoms with E-state index in [1.54, 1.807) is 42.8 Å². The normalized spacial score (nSPS) is 11.9. The summed E-state index contributed by atoms with van der Waals surface area (Å²) in [5.41, 5.74) is 1.95. The molecule has 0 aliphatic rings. The van der Waals surface area contributed by atoms with Crippen LogP contribution in [0.2, 0.25) is 5.02 Å². The van der Waals surface area contributed by atoms with Gasteiger partial charge in [0.25, 0.3) is 5.91 Å². The summed E-state index contributed by atoms with van der Waals surface area (Å²) < 4.78 is 12.4. The molecule has 1 unspecified atom stereocenters. The number of rotatable bonds is 14. The van der Waals surface area contributed by atoms with E-state index in [2.05, 4.69) is 24.3 Å². The number of nitrogens with one attached hydrogen (secondary N) is 1. The standard InChI is InChI=1S/C25H36ClN3O4/c1-5-8-10-19(6-2)17-32-16-9-15-27-24(30)20-11-13-21(14-12-20)29-18(4)22(26)23(28-29)25(31)33-7-3/h11-14,19H,5-10,15-17H2,1-4H3,(H,27,30). The summed E-state index contributed by atoms with van der Waals surface area (Å²) in [6.45, 7) is 10.1. The molecule has 1 aromatic carbocycles. The number of unbranched alkanes of at least 4 members (excludes halogenated alkanes) is 1. The fourth-order valence-electron chi connectivity index (χ4n) is 3.44. The van der Waals surface area contributed by atoms with Crippen molar-refractivity contribution in [2.75, 3.05) is 26.4 Å². The number of carbonyl (C=O) groups is 2. The van der Waals surface area contributed by atoms with Crippen LogP contribution in [0.1, 0.15) is 79.4 Å². The molecule has 1 N–H and O–H groups in total. The number of hydrogen-bond acceptors (Lipinski definition) is 5. The Morgan fingerprint density at radius 3 is 2.52 bits per heavy atom. The average molecular weight is 478 g/mol. The molecule has 0 fully saturated rings. The van der Waals surface area contributed by atoms with Crippen molar-refractivity contribution in [3.8, 4) is 5.69 Å². The number of carbonyl (C=O) groups excluding carboxylic acids is 2. The van der Waals surface area contributed by atoms with Crippen molar-refractivity contribution in [1.82, 2.24) is 15.1 Å². The van der Waals surface area contributed by atoms with Crippen molar-refractivity contribution in [2.45, 2.75) is 59.8 Å². The molecule has 0 aliphatic heterocycles. The van der Waals surface area contributed by atoms with Gasteiger partial charge >= 0.3 is 5.97 Å². The van der Waals surface area contributed by atoms with E-state index < -0.39 is 5.97 Å². The molecule has 2 rings (SSSR count). The van der Waals surface area contributed by atoms with E-state index in [-0.39, 0.29) is 23.2 Å². The first kappa shape index (κ1) is 26.9. The molecule has 1 aromatic heterocycles. The van der Waals surface area contributed by atoms with Gasteiger partial charge in [-0.2, -0.15) is 5.10 Å². The molecule has 7 nitrogen and oxygen atoms in total. The number of esters is 1. The summed E-state index contributed by atoms with van der Waals surface area (Å²) in [6.07, 6.45) is 5.59. The SMILES string of the molecule is CCCCC(CC)COCCCNC(=O)c1ccc(-n2nc(C(=O)OCC)c(Cl)c2C)cc1. The first-order chi connectivity index (χ1) is 15.9. The topological polar surface area (TPSA) is 82.5 Å². The highest BCUT2D eigenvalue weighted by Crippen LogP contribution is 2.24. The quantitative estimate of drug-likeness (QED) is 0.292. The molecule has 0 bridgehead atoms. The lowest BCUT2D eigenvalue weighted by atomic mass is 10.0. The Morgan fingerprint density at radius 1 is 1.15 bits per heavy atom. The number of ether oxygens (including phenoxy) is 2. The lowest BCUT2D eigenvalue weighted by molar-refractivity contribution is 0.0519. The molecule has 1 atom stereocenters. The predicted octanol–water partition coefficient (Wildman–Crippen LogP) is 5.36. The Kier molecular flexibility index (Phi) is 11.4. The van der Waals surface area contributed by atoms with Gasteiger partial charge in [-0.3, -0.25) is 4.79 Å². The molecule has 0 radical (unpaired) electrons. The maximum absolute atomic E-state index is 12.4. The highest BCUT2D eigenvalue weighted by molar-refractivity contribution is 6.34. The minimum atomic E-state index is -0.560. The average Bonchev–Trinajstić information content (AvgIpc) is 3.12. The lowest BCUT2D eigenvalue weighted by Gasteiger charge is -2.14. The fourth-order valence-corrected chi connectivity index (χ4v) is 3.64. The highest BCUT2D eigenvalue weighted by Gasteiger charge is 2.21. The summed E-state index contributed by atoms with van der Waals surface area (Å²) in [6, 6.07) is 6.98. The van der Waals surface area contributed by atoms with Crippen LogP contribution in [0.4, 0.5) is 0 Å². The van der Waals surface area contributed by atoms with Gasteiger partial charge in [0.05, 0.1) is 23.0 Å². The molecular formula is C25H36ClN3O4. The van der Waals surface area contributed by atoms with Crippen molar-refractivity contribution in [3.05, 3.63) is 46.2 Å². The van der Waals surface area contributed by atoms with Gasteiger partial charge in [0, 0.05) is 25.3 Å². The Labute approximate surface area is 201 Å². The minimum absolute atomic E-state index is 0.0793. The van der Waals surface area contributed by atoms with Gasteiger partial charge in [0.1, 0.15) is 0 Å². The number of hydrogen-bond donors (Lipinski definition) is 1. The number of halogens is 1. The molecule has 33 heavy (non-hydrogen) atoms. The Morgan fingerprint density at radius 2 is 1.88 bits per heavy atom. The van der Waals surface area contributed by atoms with Gasteiger partial charge in [-0.15, -0.1) is 0 Å². The van der Waals surface area contributed by atoms with Crippen molar-refractivity contribution in [1.29, 1.82) is 0 Å². The number of nitrogens with zero attached hydrogens (tertiary/aromatic N) is 2. The minimum Gasteiger partial charge on any atom is -0.461 e. The van der Waals surface area contributed by atoms with E-state index in [9.17, 15) is 9.59 Å². The van der Waals surface area contributed by atoms with Crippen LogP contribution < -0.4 is 5.32 Å². The zero-order valence-electron chi connectivity index (χ0n) is 20.2. The smallest absolute Gasteiger partial charge is 0.360 e. The van der Waals surface area contributed by atoms with Crippen LogP contribution in [0.3, 0.4) is 0 Å². The van der Waals surface area contributed by atoms with E-state index in [0.717, 1.165) is 19.4 Å². The second-order valence-corrected chi connectivity index (χ2v) is 8.41. The second-order valence-electron chi connectivity index (χ2n) is 8.03. The summed E-state index contributed by atoms with van der Waals surface area (Å²) in [4.78, 5) is 24.4. The molecule has 1 amide bonds. The van der Waals surface area contributed by atoms with Crippen LogP contribution in [0.5, 0.6) is 0 Å². The lowest BCUT2D eigenvalue weighted by Crippen LogP contribution is -2.25. The second kappa shape index (κ2) is 14.0. The van der Waals surface area contributed by atoms with E-state index in [4.69, 9.17) is 21.1 Å². The van der Waals surface area contributed by atoms with Crippen LogP contribution in [-0.2, 0) is 9.47 Å². The van der Waals surface area contributed by atoms with E-state index in [0.29, 0.717) is 36.0 Å². The summed E-state index contributed by atoms with van der Waals surface area (Å²) >= 11 is 6.26. The fraction of sp³-hybridized carbons (Fsp3) is 0.560. The van der Waals surface area contributed by atoms with Crippen LogP contribution in [0.25, 0.3) is 5.69 Å². The third-order valence-electron chi connectivity index (χ3n) is 5.53. The summed E-state index contributed by atoms with van der Waals surface area (Å²) in [5.74, 6) is -0.0754. The van der Waals surface area contributed by atoms with Crippen LogP contribution in [0, 0.1) is 12.8 Å². The van der Waals surface area contributed by atoms with Crippen molar-refractivity contribution >= 4 is 23.5 Å². The molecule has 8 heteroatoms. The highest BCUT2D eigenvalue weighted by atomic mass is 35.5. The number of benzene rings is 1.